The normalized spacial score (nSPS) is 14.5. The van der Waals surface area contributed by atoms with Crippen LogP contribution < -0.4 is 10.2 Å². The van der Waals surface area contributed by atoms with Crippen molar-refractivity contribution in [2.24, 2.45) is 5.92 Å². The SMILES string of the molecule is CC(C)CNCc1ccc(N2CCn3cnnc3C2)nc1. The summed E-state index contributed by atoms with van der Waals surface area (Å²) in [6, 6.07) is 4.24. The molecule has 0 fully saturated rings. The van der Waals surface area contributed by atoms with E-state index in [1.165, 1.54) is 5.56 Å². The number of rotatable bonds is 5. The van der Waals surface area contributed by atoms with E-state index < -0.39 is 0 Å². The van der Waals surface area contributed by atoms with E-state index in [0.29, 0.717) is 5.92 Å². The van der Waals surface area contributed by atoms with Gasteiger partial charge in [-0.1, -0.05) is 19.9 Å². The van der Waals surface area contributed by atoms with Gasteiger partial charge in [0.1, 0.15) is 12.1 Å². The van der Waals surface area contributed by atoms with E-state index >= 15 is 0 Å². The second kappa shape index (κ2) is 6.22. The summed E-state index contributed by atoms with van der Waals surface area (Å²) >= 11 is 0. The van der Waals surface area contributed by atoms with Gasteiger partial charge in [0.25, 0.3) is 0 Å². The smallest absolute Gasteiger partial charge is 0.152 e. The second-order valence-corrected chi connectivity index (χ2v) is 5.91. The first-order valence-corrected chi connectivity index (χ1v) is 7.49. The fraction of sp³-hybridized carbons (Fsp3) is 0.533. The molecule has 2 aromatic heterocycles. The maximum Gasteiger partial charge on any atom is 0.152 e. The third-order valence-electron chi connectivity index (χ3n) is 3.65. The summed E-state index contributed by atoms with van der Waals surface area (Å²) in [5.74, 6) is 2.69. The van der Waals surface area contributed by atoms with Gasteiger partial charge in [0.05, 0.1) is 6.54 Å². The molecule has 2 aromatic rings. The average Bonchev–Trinajstić information content (AvgIpc) is 2.95. The van der Waals surface area contributed by atoms with Gasteiger partial charge in [-0.25, -0.2) is 4.98 Å². The van der Waals surface area contributed by atoms with E-state index in [1.807, 2.05) is 6.20 Å². The summed E-state index contributed by atoms with van der Waals surface area (Å²) in [7, 11) is 0. The summed E-state index contributed by atoms with van der Waals surface area (Å²) in [5.41, 5.74) is 1.22. The van der Waals surface area contributed by atoms with Crippen LogP contribution in [-0.2, 0) is 19.6 Å². The Morgan fingerprint density at radius 3 is 2.95 bits per heavy atom. The molecule has 21 heavy (non-hydrogen) atoms. The van der Waals surface area contributed by atoms with E-state index in [9.17, 15) is 0 Å². The van der Waals surface area contributed by atoms with Crippen LogP contribution in [0.3, 0.4) is 0 Å². The molecule has 6 heteroatoms. The van der Waals surface area contributed by atoms with Crippen LogP contribution in [0.5, 0.6) is 0 Å². The van der Waals surface area contributed by atoms with Crippen LogP contribution in [0.1, 0.15) is 25.2 Å². The highest BCUT2D eigenvalue weighted by atomic mass is 15.3. The minimum Gasteiger partial charge on any atom is -0.347 e. The zero-order valence-electron chi connectivity index (χ0n) is 12.7. The molecule has 0 amide bonds. The van der Waals surface area contributed by atoms with Crippen LogP contribution in [0, 0.1) is 5.92 Å². The zero-order valence-corrected chi connectivity index (χ0v) is 12.7. The van der Waals surface area contributed by atoms with Crippen molar-refractivity contribution in [3.63, 3.8) is 0 Å². The Morgan fingerprint density at radius 2 is 2.19 bits per heavy atom. The van der Waals surface area contributed by atoms with Crippen LogP contribution in [-0.4, -0.2) is 32.8 Å². The molecule has 0 spiro atoms. The lowest BCUT2D eigenvalue weighted by Gasteiger charge is -2.28. The van der Waals surface area contributed by atoms with Crippen molar-refractivity contribution in [1.82, 2.24) is 25.1 Å². The van der Waals surface area contributed by atoms with E-state index in [-0.39, 0.29) is 0 Å². The van der Waals surface area contributed by atoms with Gasteiger partial charge in [0.2, 0.25) is 0 Å². The first kappa shape index (κ1) is 14.0. The Balaban J connectivity index is 1.60. The molecule has 0 bridgehead atoms. The van der Waals surface area contributed by atoms with Crippen molar-refractivity contribution < 1.29 is 0 Å². The molecule has 0 saturated heterocycles. The molecule has 1 aliphatic heterocycles. The van der Waals surface area contributed by atoms with Gasteiger partial charge in [-0.15, -0.1) is 10.2 Å². The number of fused-ring (bicyclic) bond motifs is 1. The van der Waals surface area contributed by atoms with Crippen molar-refractivity contribution in [3.05, 3.63) is 36.0 Å². The predicted octanol–water partition coefficient (Wildman–Crippen LogP) is 1.44. The number of hydrogen-bond acceptors (Lipinski definition) is 5. The van der Waals surface area contributed by atoms with Crippen LogP contribution in [0.4, 0.5) is 5.82 Å². The Bertz CT molecular complexity index is 574. The number of nitrogens with zero attached hydrogens (tertiary/aromatic N) is 5. The second-order valence-electron chi connectivity index (χ2n) is 5.91. The van der Waals surface area contributed by atoms with Crippen LogP contribution in [0.2, 0.25) is 0 Å². The Morgan fingerprint density at radius 1 is 1.29 bits per heavy atom. The Hall–Kier alpha value is -1.95. The van der Waals surface area contributed by atoms with E-state index in [4.69, 9.17) is 0 Å². The molecule has 1 aliphatic rings. The molecule has 0 radical (unpaired) electrons. The van der Waals surface area contributed by atoms with Gasteiger partial charge < -0.3 is 14.8 Å². The molecule has 0 aliphatic carbocycles. The molecule has 6 nitrogen and oxygen atoms in total. The van der Waals surface area contributed by atoms with Gasteiger partial charge in [-0.3, -0.25) is 0 Å². The summed E-state index contributed by atoms with van der Waals surface area (Å²) in [6.07, 6.45) is 3.76. The number of hydrogen-bond donors (Lipinski definition) is 1. The van der Waals surface area contributed by atoms with E-state index in [1.54, 1.807) is 6.33 Å². The Labute approximate surface area is 125 Å². The maximum atomic E-state index is 4.59. The number of anilines is 1. The minimum absolute atomic E-state index is 0.669. The molecular weight excluding hydrogens is 264 g/mol. The summed E-state index contributed by atoms with van der Waals surface area (Å²) in [4.78, 5) is 6.83. The lowest BCUT2D eigenvalue weighted by molar-refractivity contribution is 0.549. The fourth-order valence-electron chi connectivity index (χ4n) is 2.48. The summed E-state index contributed by atoms with van der Waals surface area (Å²) in [6.45, 7) is 8.97. The number of pyridine rings is 1. The number of aromatic nitrogens is 4. The molecule has 0 aromatic carbocycles. The maximum absolute atomic E-state index is 4.59. The molecule has 3 rings (SSSR count). The topological polar surface area (TPSA) is 58.9 Å². The van der Waals surface area contributed by atoms with Crippen molar-refractivity contribution in [2.75, 3.05) is 18.0 Å². The lowest BCUT2D eigenvalue weighted by Crippen LogP contribution is -2.34. The first-order chi connectivity index (χ1) is 10.2. The number of nitrogens with one attached hydrogen (secondary N) is 1. The van der Waals surface area contributed by atoms with E-state index in [0.717, 1.165) is 44.4 Å². The largest absolute Gasteiger partial charge is 0.347 e. The molecule has 0 atom stereocenters. The average molecular weight is 286 g/mol. The van der Waals surface area contributed by atoms with Gasteiger partial charge in [-0.05, 0) is 24.1 Å². The lowest BCUT2D eigenvalue weighted by atomic mass is 10.2. The van der Waals surface area contributed by atoms with Crippen LogP contribution >= 0.6 is 0 Å². The monoisotopic (exact) mass is 286 g/mol. The van der Waals surface area contributed by atoms with Gasteiger partial charge in [-0.2, -0.15) is 0 Å². The highest BCUT2D eigenvalue weighted by Gasteiger charge is 2.18. The highest BCUT2D eigenvalue weighted by Crippen LogP contribution is 2.17. The molecule has 3 heterocycles. The van der Waals surface area contributed by atoms with Gasteiger partial charge >= 0.3 is 0 Å². The van der Waals surface area contributed by atoms with Crippen LogP contribution in [0.15, 0.2) is 24.7 Å². The minimum atomic E-state index is 0.669. The third kappa shape index (κ3) is 3.39. The third-order valence-corrected chi connectivity index (χ3v) is 3.65. The van der Waals surface area contributed by atoms with E-state index in [2.05, 4.69) is 55.9 Å². The molecular formula is C15H22N6. The first-order valence-electron chi connectivity index (χ1n) is 7.49. The standard InChI is InChI=1S/C15H22N6/c1-12(2)7-16-8-13-3-4-14(17-9-13)20-5-6-21-11-18-19-15(21)10-20/h3-4,9,11-12,16H,5-8,10H2,1-2H3. The Kier molecular flexibility index (Phi) is 4.15. The van der Waals surface area contributed by atoms with Gasteiger partial charge in [0, 0.05) is 25.8 Å². The van der Waals surface area contributed by atoms with Crippen molar-refractivity contribution >= 4 is 5.82 Å². The fourth-order valence-corrected chi connectivity index (χ4v) is 2.48. The van der Waals surface area contributed by atoms with Crippen molar-refractivity contribution in [2.45, 2.75) is 33.5 Å². The molecule has 112 valence electrons. The molecule has 0 saturated carbocycles. The highest BCUT2D eigenvalue weighted by molar-refractivity contribution is 5.40. The quantitative estimate of drug-likeness (QED) is 0.901. The molecule has 1 N–H and O–H groups in total. The zero-order chi connectivity index (χ0) is 14.7. The van der Waals surface area contributed by atoms with Gasteiger partial charge in [0.15, 0.2) is 5.82 Å². The van der Waals surface area contributed by atoms with Crippen LogP contribution in [0.25, 0.3) is 0 Å². The summed E-state index contributed by atoms with van der Waals surface area (Å²) in [5, 5.41) is 11.5. The predicted molar refractivity (Wildman–Crippen MR) is 81.9 cm³/mol. The van der Waals surface area contributed by atoms with Crippen molar-refractivity contribution in [3.8, 4) is 0 Å². The van der Waals surface area contributed by atoms with Crippen molar-refractivity contribution in [1.29, 1.82) is 0 Å². The molecule has 0 unspecified atom stereocenters. The summed E-state index contributed by atoms with van der Waals surface area (Å²) < 4.78 is 2.10.